The number of amides is 1. The van der Waals surface area contributed by atoms with Gasteiger partial charge in [-0.15, -0.1) is 0 Å². The van der Waals surface area contributed by atoms with Crippen LogP contribution in [0.25, 0.3) is 0 Å². The van der Waals surface area contributed by atoms with Crippen LogP contribution in [0.1, 0.15) is 13.8 Å². The number of hydrogen-bond donors (Lipinski definition) is 1. The molecule has 0 aromatic carbocycles. The highest BCUT2D eigenvalue weighted by molar-refractivity contribution is 5.92. The van der Waals surface area contributed by atoms with Gasteiger partial charge in [0.05, 0.1) is 0 Å². The lowest BCUT2D eigenvalue weighted by Crippen LogP contribution is -2.18. The molecule has 0 rings (SSSR count). The van der Waals surface area contributed by atoms with Crippen LogP contribution in [-0.2, 0) is 4.79 Å². The molecule has 0 spiro atoms. The van der Waals surface area contributed by atoms with E-state index in [0.29, 0.717) is 0 Å². The van der Waals surface area contributed by atoms with E-state index in [1.54, 1.807) is 20.0 Å². The van der Waals surface area contributed by atoms with E-state index in [-0.39, 0.29) is 5.91 Å². The van der Waals surface area contributed by atoms with E-state index >= 15 is 0 Å². The minimum absolute atomic E-state index is 0.00694. The molecule has 0 aliphatic carbocycles. The van der Waals surface area contributed by atoms with Gasteiger partial charge in [0, 0.05) is 12.6 Å². The molecule has 2 nitrogen and oxygen atoms in total. The molecule has 0 radical (unpaired) electrons. The van der Waals surface area contributed by atoms with Crippen molar-refractivity contribution in [3.8, 4) is 0 Å². The average molecular weight is 113 g/mol. The van der Waals surface area contributed by atoms with E-state index in [0.717, 1.165) is 5.57 Å². The smallest absolute Gasteiger partial charge is 0.246 e. The van der Waals surface area contributed by atoms with Crippen molar-refractivity contribution in [2.75, 3.05) is 7.05 Å². The molecule has 1 amide bonds. The number of rotatable bonds is 1. The van der Waals surface area contributed by atoms with Gasteiger partial charge in [0.2, 0.25) is 5.91 Å². The Kier molecular flexibility index (Phi) is 2.92. The van der Waals surface area contributed by atoms with E-state index in [1.807, 2.05) is 6.92 Å². The Bertz CT molecular complexity index is 116. The van der Waals surface area contributed by atoms with Gasteiger partial charge in [0.1, 0.15) is 0 Å². The molecule has 0 heterocycles. The van der Waals surface area contributed by atoms with Crippen LogP contribution in [0, 0.1) is 0 Å². The molecule has 0 atom stereocenters. The standard InChI is InChI=1S/C6H11NO/c1-4-5(2)6(8)7-3/h4H,1-3H3,(H,7,8)/b5-4-. The van der Waals surface area contributed by atoms with E-state index in [2.05, 4.69) is 5.32 Å². The summed E-state index contributed by atoms with van der Waals surface area (Å²) in [6.07, 6.45) is 1.78. The normalized spacial score (nSPS) is 11.1. The summed E-state index contributed by atoms with van der Waals surface area (Å²) < 4.78 is 0. The lowest BCUT2D eigenvalue weighted by atomic mass is 10.3. The minimum atomic E-state index is -0.00694. The van der Waals surface area contributed by atoms with Gasteiger partial charge in [0.25, 0.3) is 0 Å². The van der Waals surface area contributed by atoms with Gasteiger partial charge in [-0.2, -0.15) is 0 Å². The van der Waals surface area contributed by atoms with Gasteiger partial charge in [-0.05, 0) is 13.8 Å². The Morgan fingerprint density at radius 3 is 2.25 bits per heavy atom. The number of hydrogen-bond acceptors (Lipinski definition) is 1. The Morgan fingerprint density at radius 1 is 1.62 bits per heavy atom. The lowest BCUT2D eigenvalue weighted by Gasteiger charge is -1.94. The molecule has 8 heavy (non-hydrogen) atoms. The highest BCUT2D eigenvalue weighted by Gasteiger charge is 1.95. The SMILES string of the molecule is C/C=C(/C)C(=O)NC. The summed E-state index contributed by atoms with van der Waals surface area (Å²) in [6, 6.07) is 0. The zero-order chi connectivity index (χ0) is 6.57. The molecule has 0 bridgehead atoms. The maximum Gasteiger partial charge on any atom is 0.246 e. The predicted molar refractivity (Wildman–Crippen MR) is 33.5 cm³/mol. The van der Waals surface area contributed by atoms with Crippen LogP contribution in [0.3, 0.4) is 0 Å². The quantitative estimate of drug-likeness (QED) is 0.498. The van der Waals surface area contributed by atoms with Crippen LogP contribution in [0.2, 0.25) is 0 Å². The fraction of sp³-hybridized carbons (Fsp3) is 0.500. The molecule has 2 heteroatoms. The summed E-state index contributed by atoms with van der Waals surface area (Å²) in [5, 5.41) is 2.51. The van der Waals surface area contributed by atoms with Crippen molar-refractivity contribution in [3.63, 3.8) is 0 Å². The molecule has 0 aromatic heterocycles. The highest BCUT2D eigenvalue weighted by Crippen LogP contribution is 1.88. The van der Waals surface area contributed by atoms with Crippen molar-refractivity contribution in [1.82, 2.24) is 5.32 Å². The average Bonchev–Trinajstić information content (AvgIpc) is 1.84. The zero-order valence-corrected chi connectivity index (χ0v) is 5.49. The van der Waals surface area contributed by atoms with Crippen molar-refractivity contribution < 1.29 is 4.79 Å². The molecular formula is C6H11NO. The van der Waals surface area contributed by atoms with E-state index in [9.17, 15) is 4.79 Å². The number of carbonyl (C=O) groups excluding carboxylic acids is 1. The van der Waals surface area contributed by atoms with Crippen molar-refractivity contribution in [2.24, 2.45) is 0 Å². The Hall–Kier alpha value is -0.790. The second-order valence-corrected chi connectivity index (χ2v) is 1.55. The largest absolute Gasteiger partial charge is 0.355 e. The third kappa shape index (κ3) is 1.78. The van der Waals surface area contributed by atoms with E-state index in [1.165, 1.54) is 0 Å². The van der Waals surface area contributed by atoms with Gasteiger partial charge in [-0.25, -0.2) is 0 Å². The summed E-state index contributed by atoms with van der Waals surface area (Å²) >= 11 is 0. The maximum absolute atomic E-state index is 10.6. The first kappa shape index (κ1) is 7.21. The van der Waals surface area contributed by atoms with Crippen molar-refractivity contribution in [1.29, 1.82) is 0 Å². The molecule has 1 N–H and O–H groups in total. The molecule has 46 valence electrons. The van der Waals surface area contributed by atoms with Crippen LogP contribution in [0.15, 0.2) is 11.6 Å². The Labute approximate surface area is 49.6 Å². The first-order chi connectivity index (χ1) is 3.72. The van der Waals surface area contributed by atoms with Crippen LogP contribution in [0.5, 0.6) is 0 Å². The number of nitrogens with one attached hydrogen (secondary N) is 1. The highest BCUT2D eigenvalue weighted by atomic mass is 16.1. The molecule has 0 fully saturated rings. The molecule has 0 aliphatic heterocycles. The monoisotopic (exact) mass is 113 g/mol. The fourth-order valence-electron chi connectivity index (χ4n) is 0.328. The van der Waals surface area contributed by atoms with Gasteiger partial charge >= 0.3 is 0 Å². The third-order valence-electron chi connectivity index (χ3n) is 1.02. The van der Waals surface area contributed by atoms with Crippen molar-refractivity contribution in [3.05, 3.63) is 11.6 Å². The topological polar surface area (TPSA) is 29.1 Å². The molecule has 0 saturated heterocycles. The first-order valence-electron chi connectivity index (χ1n) is 2.57. The van der Waals surface area contributed by atoms with Crippen LogP contribution in [-0.4, -0.2) is 13.0 Å². The van der Waals surface area contributed by atoms with Gasteiger partial charge < -0.3 is 5.32 Å². The molecule has 0 aliphatic rings. The molecule has 0 saturated carbocycles. The van der Waals surface area contributed by atoms with Crippen LogP contribution < -0.4 is 5.32 Å². The summed E-state index contributed by atoms with van der Waals surface area (Å²) in [4.78, 5) is 10.6. The lowest BCUT2D eigenvalue weighted by molar-refractivity contribution is -0.117. The second-order valence-electron chi connectivity index (χ2n) is 1.55. The third-order valence-corrected chi connectivity index (χ3v) is 1.02. The fourth-order valence-corrected chi connectivity index (χ4v) is 0.328. The Morgan fingerprint density at radius 2 is 2.12 bits per heavy atom. The number of carbonyl (C=O) groups is 1. The number of allylic oxidation sites excluding steroid dienone is 1. The summed E-state index contributed by atoms with van der Waals surface area (Å²) in [5.41, 5.74) is 0.757. The summed E-state index contributed by atoms with van der Waals surface area (Å²) in [7, 11) is 1.62. The van der Waals surface area contributed by atoms with Gasteiger partial charge in [-0.3, -0.25) is 4.79 Å². The molecule has 0 aromatic rings. The predicted octanol–water partition coefficient (Wildman–Crippen LogP) is 0.699. The van der Waals surface area contributed by atoms with Gasteiger partial charge in [0.15, 0.2) is 0 Å². The van der Waals surface area contributed by atoms with Crippen LogP contribution in [0.4, 0.5) is 0 Å². The zero-order valence-electron chi connectivity index (χ0n) is 5.49. The Balaban J connectivity index is 3.83. The van der Waals surface area contributed by atoms with Crippen molar-refractivity contribution >= 4 is 5.91 Å². The molecule has 0 unspecified atom stereocenters. The number of likely N-dealkylation sites (N-methyl/N-ethyl adjacent to an activating group) is 1. The van der Waals surface area contributed by atoms with E-state index in [4.69, 9.17) is 0 Å². The van der Waals surface area contributed by atoms with Crippen LogP contribution >= 0.6 is 0 Å². The summed E-state index contributed by atoms with van der Waals surface area (Å²) in [6.45, 7) is 3.61. The summed E-state index contributed by atoms with van der Waals surface area (Å²) in [5.74, 6) is -0.00694. The molecular weight excluding hydrogens is 102 g/mol. The van der Waals surface area contributed by atoms with E-state index < -0.39 is 0 Å². The minimum Gasteiger partial charge on any atom is -0.355 e. The second kappa shape index (κ2) is 3.24. The maximum atomic E-state index is 10.6. The first-order valence-corrected chi connectivity index (χ1v) is 2.57. The van der Waals surface area contributed by atoms with Crippen molar-refractivity contribution in [2.45, 2.75) is 13.8 Å². The van der Waals surface area contributed by atoms with Gasteiger partial charge in [-0.1, -0.05) is 6.08 Å².